The predicted molar refractivity (Wildman–Crippen MR) is 113 cm³/mol. The molecule has 1 aliphatic heterocycles. The molecule has 2 aromatic carbocycles. The first-order valence-electron chi connectivity index (χ1n) is 9.71. The van der Waals surface area contributed by atoms with Gasteiger partial charge in [-0.3, -0.25) is 0 Å². The highest BCUT2D eigenvalue weighted by molar-refractivity contribution is 6.62. The van der Waals surface area contributed by atoms with Crippen molar-refractivity contribution in [2.45, 2.75) is 52.4 Å². The minimum atomic E-state index is -0.949. The zero-order valence-electron chi connectivity index (χ0n) is 17.4. The number of carboxylic acid groups (broad SMARTS) is 1. The Kier molecular flexibility index (Phi) is 4.55. The number of fused-ring (bicyclic) bond motifs is 1. The Morgan fingerprint density at radius 2 is 1.79 bits per heavy atom. The molecule has 0 amide bonds. The van der Waals surface area contributed by atoms with Crippen LogP contribution in [0.1, 0.15) is 49.2 Å². The van der Waals surface area contributed by atoms with Crippen molar-refractivity contribution in [2.75, 3.05) is 0 Å². The molecule has 2 heterocycles. The lowest BCUT2D eigenvalue weighted by molar-refractivity contribution is 0.00578. The Balaban J connectivity index is 1.58. The van der Waals surface area contributed by atoms with E-state index in [1.165, 1.54) is 0 Å². The van der Waals surface area contributed by atoms with E-state index < -0.39 is 5.97 Å². The van der Waals surface area contributed by atoms with E-state index in [9.17, 15) is 4.79 Å². The molecular weight excluding hydrogens is 367 g/mol. The second-order valence-electron chi connectivity index (χ2n) is 8.66. The fraction of sp³-hybridized carbons (Fsp3) is 0.364. The molecule has 1 aliphatic rings. The highest BCUT2D eigenvalue weighted by Crippen LogP contribution is 2.36. The fourth-order valence-electron chi connectivity index (χ4n) is 3.53. The first kappa shape index (κ1) is 19.7. The van der Waals surface area contributed by atoms with Gasteiger partial charge in [0.2, 0.25) is 0 Å². The number of rotatable bonds is 4. The van der Waals surface area contributed by atoms with Gasteiger partial charge in [0.05, 0.1) is 34.1 Å². The molecule has 3 aromatic rings. The highest BCUT2D eigenvalue weighted by atomic mass is 16.7. The second kappa shape index (κ2) is 6.71. The maximum absolute atomic E-state index is 11.2. The monoisotopic (exact) mass is 392 g/mol. The molecule has 0 spiro atoms. The summed E-state index contributed by atoms with van der Waals surface area (Å²) in [6, 6.07) is 11.3. The summed E-state index contributed by atoms with van der Waals surface area (Å²) in [6.45, 7) is 10.9. The molecule has 4 rings (SSSR count). The van der Waals surface area contributed by atoms with E-state index in [-0.39, 0.29) is 23.9 Å². The van der Waals surface area contributed by atoms with Gasteiger partial charge in [-0.25, -0.2) is 9.78 Å². The highest BCUT2D eigenvalue weighted by Gasteiger charge is 2.51. The summed E-state index contributed by atoms with van der Waals surface area (Å²) >= 11 is 0. The molecule has 7 heteroatoms. The molecule has 1 fully saturated rings. The lowest BCUT2D eigenvalue weighted by atomic mass is 9.78. The minimum Gasteiger partial charge on any atom is -0.478 e. The number of carboxylic acids is 1. The number of imidazole rings is 1. The molecule has 6 nitrogen and oxygen atoms in total. The van der Waals surface area contributed by atoms with Crippen LogP contribution in [0.2, 0.25) is 0 Å². The van der Waals surface area contributed by atoms with Crippen LogP contribution in [0.25, 0.3) is 11.0 Å². The number of nitrogens with zero attached hydrogens (tertiary/aromatic N) is 2. The zero-order chi connectivity index (χ0) is 21.0. The Labute approximate surface area is 170 Å². The van der Waals surface area contributed by atoms with E-state index >= 15 is 0 Å². The third kappa shape index (κ3) is 3.45. The van der Waals surface area contributed by atoms with Gasteiger partial charge >= 0.3 is 13.1 Å². The lowest BCUT2D eigenvalue weighted by Gasteiger charge is -2.32. The number of benzene rings is 2. The Morgan fingerprint density at radius 3 is 2.41 bits per heavy atom. The molecule has 0 saturated carbocycles. The normalized spacial score (nSPS) is 17.8. The van der Waals surface area contributed by atoms with Gasteiger partial charge in [0.25, 0.3) is 0 Å². The lowest BCUT2D eigenvalue weighted by Crippen LogP contribution is -2.41. The molecule has 0 bridgehead atoms. The third-order valence-electron chi connectivity index (χ3n) is 6.10. The van der Waals surface area contributed by atoms with Gasteiger partial charge in [0, 0.05) is 6.54 Å². The van der Waals surface area contributed by atoms with Gasteiger partial charge in [-0.2, -0.15) is 0 Å². The summed E-state index contributed by atoms with van der Waals surface area (Å²) in [7, 11) is -0.378. The van der Waals surface area contributed by atoms with Crippen molar-refractivity contribution in [1.29, 1.82) is 0 Å². The SMILES string of the molecule is Cc1cc(B2OC(C)(C)C(C)(C)O2)ccc1Cn1cnc2cc(C(=O)O)ccc21. The van der Waals surface area contributed by atoms with Crippen molar-refractivity contribution in [2.24, 2.45) is 0 Å². The van der Waals surface area contributed by atoms with Gasteiger partial charge in [0.1, 0.15) is 0 Å². The number of aryl methyl sites for hydroxylation is 1. The van der Waals surface area contributed by atoms with Crippen molar-refractivity contribution in [3.63, 3.8) is 0 Å². The zero-order valence-corrected chi connectivity index (χ0v) is 17.4. The smallest absolute Gasteiger partial charge is 0.478 e. The Bertz CT molecular complexity index is 1090. The molecule has 1 saturated heterocycles. The van der Waals surface area contributed by atoms with E-state index in [0.717, 1.165) is 22.1 Å². The summed E-state index contributed by atoms with van der Waals surface area (Å²) in [5.74, 6) is -0.949. The molecule has 0 atom stereocenters. The van der Waals surface area contributed by atoms with Gasteiger partial charge in [-0.15, -0.1) is 0 Å². The van der Waals surface area contributed by atoms with Gasteiger partial charge < -0.3 is 19.0 Å². The van der Waals surface area contributed by atoms with E-state index in [1.54, 1.807) is 24.5 Å². The summed E-state index contributed by atoms with van der Waals surface area (Å²) in [6.07, 6.45) is 1.75. The molecule has 0 radical (unpaired) electrons. The van der Waals surface area contributed by atoms with Crippen molar-refractivity contribution < 1.29 is 19.2 Å². The minimum absolute atomic E-state index is 0.241. The van der Waals surface area contributed by atoms with Gasteiger partial charge in [0.15, 0.2) is 0 Å². The number of aromatic nitrogens is 2. The Hall–Kier alpha value is -2.64. The maximum atomic E-state index is 11.2. The van der Waals surface area contributed by atoms with E-state index in [0.29, 0.717) is 12.1 Å². The number of aromatic carboxylic acids is 1. The quantitative estimate of drug-likeness (QED) is 0.689. The Morgan fingerprint density at radius 1 is 1.10 bits per heavy atom. The largest absolute Gasteiger partial charge is 0.494 e. The van der Waals surface area contributed by atoms with Gasteiger partial charge in [-0.1, -0.05) is 18.2 Å². The molecule has 0 unspecified atom stereocenters. The summed E-state index contributed by atoms with van der Waals surface area (Å²) in [4.78, 5) is 15.5. The van der Waals surface area contributed by atoms with Crippen LogP contribution in [0.3, 0.4) is 0 Å². The van der Waals surface area contributed by atoms with E-state index in [4.69, 9.17) is 14.4 Å². The van der Waals surface area contributed by atoms with Crippen LogP contribution in [0.5, 0.6) is 0 Å². The fourth-order valence-corrected chi connectivity index (χ4v) is 3.53. The van der Waals surface area contributed by atoms with Crippen molar-refractivity contribution >= 4 is 29.6 Å². The maximum Gasteiger partial charge on any atom is 0.494 e. The second-order valence-corrected chi connectivity index (χ2v) is 8.66. The van der Waals surface area contributed by atoms with E-state index in [2.05, 4.69) is 24.0 Å². The number of hydrogen-bond acceptors (Lipinski definition) is 4. The van der Waals surface area contributed by atoms with Crippen molar-refractivity contribution in [3.8, 4) is 0 Å². The number of carbonyl (C=O) groups is 1. The molecule has 1 N–H and O–H groups in total. The van der Waals surface area contributed by atoms with Crippen molar-refractivity contribution in [3.05, 3.63) is 59.4 Å². The van der Waals surface area contributed by atoms with Crippen molar-refractivity contribution in [1.82, 2.24) is 9.55 Å². The molecule has 0 aliphatic carbocycles. The van der Waals surface area contributed by atoms with Crippen LogP contribution >= 0.6 is 0 Å². The number of hydrogen-bond donors (Lipinski definition) is 1. The van der Waals surface area contributed by atoms with E-state index in [1.807, 2.05) is 38.3 Å². The van der Waals surface area contributed by atoms with Crippen LogP contribution in [-0.4, -0.2) is 38.9 Å². The van der Waals surface area contributed by atoms with Crippen LogP contribution in [0, 0.1) is 6.92 Å². The van der Waals surface area contributed by atoms with Crippen LogP contribution < -0.4 is 5.46 Å². The molecule has 29 heavy (non-hydrogen) atoms. The first-order valence-corrected chi connectivity index (χ1v) is 9.71. The van der Waals surface area contributed by atoms with Crippen LogP contribution in [0.15, 0.2) is 42.7 Å². The van der Waals surface area contributed by atoms with Crippen LogP contribution in [0.4, 0.5) is 0 Å². The van der Waals surface area contributed by atoms with Gasteiger partial charge in [-0.05, 0) is 69.4 Å². The average Bonchev–Trinajstić information content (AvgIpc) is 3.13. The third-order valence-corrected chi connectivity index (χ3v) is 6.10. The standard InChI is InChI=1S/C22H25BN2O4/c1-14-10-17(23-28-21(2,3)22(4,5)29-23)8-6-16(14)12-25-13-24-18-11-15(20(26)27)7-9-19(18)25/h6-11,13H,12H2,1-5H3,(H,26,27). The first-order chi connectivity index (χ1) is 13.6. The average molecular weight is 392 g/mol. The predicted octanol–water partition coefficient (Wildman–Crippen LogP) is 3.39. The molecular formula is C22H25BN2O4. The molecule has 150 valence electrons. The topological polar surface area (TPSA) is 73.6 Å². The molecule has 1 aromatic heterocycles. The summed E-state index contributed by atoms with van der Waals surface area (Å²) < 4.78 is 14.3. The summed E-state index contributed by atoms with van der Waals surface area (Å²) in [5.41, 5.74) is 4.40. The summed E-state index contributed by atoms with van der Waals surface area (Å²) in [5, 5.41) is 9.15. The van der Waals surface area contributed by atoms with Crippen LogP contribution in [-0.2, 0) is 15.9 Å².